The molecule has 0 N–H and O–H groups in total. The van der Waals surface area contributed by atoms with Crippen molar-refractivity contribution in [3.63, 3.8) is 0 Å². The summed E-state index contributed by atoms with van der Waals surface area (Å²) in [5.41, 5.74) is 0. The summed E-state index contributed by atoms with van der Waals surface area (Å²) in [7, 11) is -3.38. The quantitative estimate of drug-likeness (QED) is 0.860. The molecule has 1 fully saturated rings. The first-order valence-electron chi connectivity index (χ1n) is 5.77. The van der Waals surface area contributed by atoms with Crippen molar-refractivity contribution in [1.29, 1.82) is 0 Å². The number of rotatable bonds is 4. The van der Waals surface area contributed by atoms with Gasteiger partial charge in [0.2, 0.25) is 10.0 Å². The molecule has 19 heavy (non-hydrogen) atoms. The average molecular weight is 296 g/mol. The van der Waals surface area contributed by atoms with Crippen molar-refractivity contribution in [2.24, 2.45) is 0 Å². The molecule has 1 saturated heterocycles. The third kappa shape index (κ3) is 2.49. The maximum atomic E-state index is 12.2. The summed E-state index contributed by atoms with van der Waals surface area (Å²) in [6.45, 7) is 0.744. The van der Waals surface area contributed by atoms with Gasteiger partial charge in [0.1, 0.15) is 6.10 Å². The van der Waals surface area contributed by atoms with Gasteiger partial charge in [-0.2, -0.15) is 4.31 Å². The largest absolute Gasteiger partial charge is 0.464 e. The van der Waals surface area contributed by atoms with Gasteiger partial charge in [0.05, 0.1) is 18.0 Å². The molecule has 7 heteroatoms. The minimum atomic E-state index is -3.38. The van der Waals surface area contributed by atoms with Crippen LogP contribution in [0.3, 0.4) is 0 Å². The predicted molar refractivity (Wildman–Crippen MR) is 71.7 cm³/mol. The van der Waals surface area contributed by atoms with Gasteiger partial charge >= 0.3 is 0 Å². The highest BCUT2D eigenvalue weighted by molar-refractivity contribution is 7.89. The van der Waals surface area contributed by atoms with Crippen LogP contribution in [0.4, 0.5) is 0 Å². The summed E-state index contributed by atoms with van der Waals surface area (Å²) in [6, 6.07) is 8.44. The fourth-order valence-corrected chi connectivity index (χ4v) is 3.90. The second kappa shape index (κ2) is 4.92. The smallest absolute Gasteiger partial charge is 0.273 e. The molecular formula is C12H12N2O3S2. The van der Waals surface area contributed by atoms with Crippen molar-refractivity contribution in [1.82, 2.24) is 9.29 Å². The van der Waals surface area contributed by atoms with Crippen LogP contribution in [-0.4, -0.2) is 36.9 Å². The summed E-state index contributed by atoms with van der Waals surface area (Å²) in [5, 5.41) is 2.41. The van der Waals surface area contributed by atoms with E-state index in [0.717, 1.165) is 0 Å². The highest BCUT2D eigenvalue weighted by Gasteiger charge is 2.38. The van der Waals surface area contributed by atoms with Crippen molar-refractivity contribution in [3.8, 4) is 5.19 Å². The summed E-state index contributed by atoms with van der Waals surface area (Å²) in [4.78, 5) is 4.33. The number of hydrogen-bond acceptors (Lipinski definition) is 5. The molecule has 0 unspecified atom stereocenters. The van der Waals surface area contributed by atoms with Crippen LogP contribution in [0.25, 0.3) is 0 Å². The van der Waals surface area contributed by atoms with E-state index in [9.17, 15) is 8.42 Å². The van der Waals surface area contributed by atoms with E-state index >= 15 is 0 Å². The molecule has 100 valence electrons. The summed E-state index contributed by atoms with van der Waals surface area (Å²) < 4.78 is 31.4. The van der Waals surface area contributed by atoms with Gasteiger partial charge in [0, 0.05) is 11.6 Å². The van der Waals surface area contributed by atoms with Gasteiger partial charge in [-0.1, -0.05) is 29.5 Å². The lowest BCUT2D eigenvalue weighted by molar-refractivity contribution is 0.0759. The Hall–Kier alpha value is -1.44. The van der Waals surface area contributed by atoms with Crippen molar-refractivity contribution in [3.05, 3.63) is 41.9 Å². The predicted octanol–water partition coefficient (Wildman–Crippen LogP) is 1.60. The number of thiazole rings is 1. The lowest BCUT2D eigenvalue weighted by atomic mass is 10.2. The Bertz CT molecular complexity index is 635. The molecule has 2 heterocycles. The van der Waals surface area contributed by atoms with E-state index in [4.69, 9.17) is 4.74 Å². The molecular weight excluding hydrogens is 284 g/mol. The first-order chi connectivity index (χ1) is 9.16. The van der Waals surface area contributed by atoms with Crippen LogP contribution in [0, 0.1) is 0 Å². The number of sulfonamides is 1. The Labute approximate surface area is 115 Å². The normalized spacial score (nSPS) is 17.1. The molecule has 0 atom stereocenters. The third-order valence-corrected chi connectivity index (χ3v) is 5.38. The van der Waals surface area contributed by atoms with E-state index in [-0.39, 0.29) is 6.10 Å². The summed E-state index contributed by atoms with van der Waals surface area (Å²) >= 11 is 1.40. The van der Waals surface area contributed by atoms with Crippen LogP contribution < -0.4 is 4.74 Å². The van der Waals surface area contributed by atoms with Gasteiger partial charge < -0.3 is 4.74 Å². The lowest BCUT2D eigenvalue weighted by Gasteiger charge is -2.37. The number of hydrogen-bond donors (Lipinski definition) is 0. The standard InChI is InChI=1S/C12H12N2O3S2/c15-19(16,11-4-2-1-3-5-11)14-8-10(9-14)17-12-13-6-7-18-12/h1-7,10H,8-9H2. The van der Waals surface area contributed by atoms with Crippen LogP contribution in [0.1, 0.15) is 0 Å². The van der Waals surface area contributed by atoms with Crippen molar-refractivity contribution in [2.75, 3.05) is 13.1 Å². The minimum absolute atomic E-state index is 0.107. The molecule has 1 aliphatic rings. The molecule has 0 spiro atoms. The van der Waals surface area contributed by atoms with E-state index in [1.807, 2.05) is 5.38 Å². The molecule has 0 aliphatic carbocycles. The van der Waals surface area contributed by atoms with Crippen LogP contribution >= 0.6 is 11.3 Å². The highest BCUT2D eigenvalue weighted by atomic mass is 32.2. The highest BCUT2D eigenvalue weighted by Crippen LogP contribution is 2.25. The molecule has 1 aromatic heterocycles. The van der Waals surface area contributed by atoms with Crippen LogP contribution in [0.2, 0.25) is 0 Å². The Morgan fingerprint density at radius 1 is 1.26 bits per heavy atom. The van der Waals surface area contributed by atoms with Crippen LogP contribution in [0.15, 0.2) is 46.8 Å². The summed E-state index contributed by atoms with van der Waals surface area (Å²) in [5.74, 6) is 0. The maximum absolute atomic E-state index is 12.2. The van der Waals surface area contributed by atoms with Gasteiger partial charge in [-0.05, 0) is 12.1 Å². The molecule has 1 aromatic carbocycles. The molecule has 0 amide bonds. The Kier molecular flexibility index (Phi) is 3.26. The van der Waals surface area contributed by atoms with E-state index in [2.05, 4.69) is 4.98 Å². The fourth-order valence-electron chi connectivity index (χ4n) is 1.82. The molecule has 3 rings (SSSR count). The number of benzene rings is 1. The molecule has 5 nitrogen and oxygen atoms in total. The second-order valence-electron chi connectivity index (χ2n) is 4.17. The minimum Gasteiger partial charge on any atom is -0.464 e. The van der Waals surface area contributed by atoms with E-state index in [0.29, 0.717) is 23.2 Å². The first kappa shape index (κ1) is 12.6. The molecule has 0 saturated carbocycles. The van der Waals surface area contributed by atoms with Gasteiger partial charge in [0.15, 0.2) is 0 Å². The topological polar surface area (TPSA) is 59.5 Å². The number of aromatic nitrogens is 1. The van der Waals surface area contributed by atoms with E-state index in [1.54, 1.807) is 36.5 Å². The van der Waals surface area contributed by atoms with Gasteiger partial charge in [-0.25, -0.2) is 13.4 Å². The third-order valence-electron chi connectivity index (χ3n) is 2.87. The van der Waals surface area contributed by atoms with Gasteiger partial charge in [-0.3, -0.25) is 0 Å². The van der Waals surface area contributed by atoms with E-state index < -0.39 is 10.0 Å². The molecule has 0 bridgehead atoms. The number of nitrogens with zero attached hydrogens (tertiary/aromatic N) is 2. The second-order valence-corrected chi connectivity index (χ2v) is 6.97. The number of ether oxygens (including phenoxy) is 1. The van der Waals surface area contributed by atoms with Crippen molar-refractivity contribution >= 4 is 21.4 Å². The van der Waals surface area contributed by atoms with E-state index in [1.165, 1.54) is 15.6 Å². The zero-order chi connectivity index (χ0) is 13.3. The average Bonchev–Trinajstić information content (AvgIpc) is 2.87. The first-order valence-corrected chi connectivity index (χ1v) is 8.09. The Morgan fingerprint density at radius 2 is 2.00 bits per heavy atom. The molecule has 2 aromatic rings. The Balaban J connectivity index is 1.64. The molecule has 1 aliphatic heterocycles. The monoisotopic (exact) mass is 296 g/mol. The fraction of sp³-hybridized carbons (Fsp3) is 0.250. The van der Waals surface area contributed by atoms with Gasteiger partial charge in [0.25, 0.3) is 5.19 Å². The zero-order valence-corrected chi connectivity index (χ0v) is 11.6. The van der Waals surface area contributed by atoms with Crippen molar-refractivity contribution < 1.29 is 13.2 Å². The molecule has 0 radical (unpaired) electrons. The van der Waals surface area contributed by atoms with Crippen molar-refractivity contribution in [2.45, 2.75) is 11.0 Å². The van der Waals surface area contributed by atoms with Crippen LogP contribution in [-0.2, 0) is 10.0 Å². The lowest BCUT2D eigenvalue weighted by Crippen LogP contribution is -2.55. The summed E-state index contributed by atoms with van der Waals surface area (Å²) in [6.07, 6.45) is 1.56. The van der Waals surface area contributed by atoms with Crippen LogP contribution in [0.5, 0.6) is 5.19 Å². The SMILES string of the molecule is O=S(=O)(c1ccccc1)N1CC(Oc2nccs2)C1. The zero-order valence-electron chi connectivity index (χ0n) is 9.97. The Morgan fingerprint density at radius 3 is 2.63 bits per heavy atom. The van der Waals surface area contributed by atoms with Gasteiger partial charge in [-0.15, -0.1) is 0 Å². The maximum Gasteiger partial charge on any atom is 0.273 e.